The van der Waals surface area contributed by atoms with Crippen molar-refractivity contribution in [2.45, 2.75) is 31.2 Å². The largest absolute Gasteiger partial charge is 0.420 e. The van der Waals surface area contributed by atoms with E-state index in [4.69, 9.17) is 8.94 Å². The normalized spacial score (nSPS) is 11.2. The predicted octanol–water partition coefficient (Wildman–Crippen LogP) is 3.67. The number of aromatic nitrogens is 6. The minimum Gasteiger partial charge on any atom is -0.420 e. The molecule has 1 aromatic carbocycles. The van der Waals surface area contributed by atoms with Gasteiger partial charge in [-0.3, -0.25) is 5.10 Å². The first-order valence-electron chi connectivity index (χ1n) is 8.13. The van der Waals surface area contributed by atoms with Crippen LogP contribution in [0.25, 0.3) is 22.7 Å². The van der Waals surface area contributed by atoms with Crippen molar-refractivity contribution in [1.82, 2.24) is 30.5 Å². The number of H-pyrrole nitrogens is 1. The molecule has 9 heteroatoms. The third kappa shape index (κ3) is 3.25. The molecule has 0 aliphatic heterocycles. The second-order valence-corrected chi connectivity index (χ2v) is 6.48. The predicted molar refractivity (Wildman–Crippen MR) is 95.3 cm³/mol. The van der Waals surface area contributed by atoms with E-state index >= 15 is 0 Å². The van der Waals surface area contributed by atoms with Gasteiger partial charge >= 0.3 is 0 Å². The van der Waals surface area contributed by atoms with Gasteiger partial charge in [-0.2, -0.15) is 0 Å². The maximum Gasteiger partial charge on any atom is 0.253 e. The molecule has 0 aliphatic carbocycles. The summed E-state index contributed by atoms with van der Waals surface area (Å²) >= 11 is 1.44. The summed E-state index contributed by atoms with van der Waals surface area (Å²) in [5, 5.41) is 20.1. The zero-order valence-corrected chi connectivity index (χ0v) is 15.1. The van der Waals surface area contributed by atoms with Crippen LogP contribution >= 0.6 is 11.8 Å². The lowest BCUT2D eigenvalue weighted by Crippen LogP contribution is -1.84. The first-order chi connectivity index (χ1) is 12.7. The Morgan fingerprint density at radius 3 is 2.77 bits per heavy atom. The fourth-order valence-corrected chi connectivity index (χ4v) is 3.11. The van der Waals surface area contributed by atoms with Crippen LogP contribution in [0.15, 0.2) is 44.4 Å². The second kappa shape index (κ2) is 7.12. The van der Waals surface area contributed by atoms with Gasteiger partial charge in [0.1, 0.15) is 22.8 Å². The fraction of sp³-hybridized carbons (Fsp3) is 0.235. The van der Waals surface area contributed by atoms with Crippen LogP contribution in [0.2, 0.25) is 0 Å². The van der Waals surface area contributed by atoms with E-state index in [2.05, 4.69) is 30.5 Å². The van der Waals surface area contributed by atoms with Crippen LogP contribution in [0.1, 0.15) is 24.4 Å². The Bertz CT molecular complexity index is 1010. The second-order valence-electron chi connectivity index (χ2n) is 5.54. The molecule has 1 N–H and O–H groups in total. The third-order valence-electron chi connectivity index (χ3n) is 3.76. The molecule has 132 valence electrons. The number of nitrogens with zero attached hydrogens (tertiary/aromatic N) is 5. The highest BCUT2D eigenvalue weighted by Crippen LogP contribution is 2.33. The van der Waals surface area contributed by atoms with Crippen molar-refractivity contribution in [3.63, 3.8) is 0 Å². The molecule has 3 heterocycles. The van der Waals surface area contributed by atoms with E-state index in [9.17, 15) is 0 Å². The highest BCUT2D eigenvalue weighted by molar-refractivity contribution is 7.98. The average molecular weight is 368 g/mol. The van der Waals surface area contributed by atoms with E-state index in [1.807, 2.05) is 44.2 Å². The first kappa shape index (κ1) is 16.5. The topological polar surface area (TPSA) is 107 Å². The minimum absolute atomic E-state index is 0.391. The highest BCUT2D eigenvalue weighted by Gasteiger charge is 2.22. The number of hydrogen-bond donors (Lipinski definition) is 1. The van der Waals surface area contributed by atoms with E-state index < -0.39 is 0 Å². The van der Waals surface area contributed by atoms with Gasteiger partial charge in [0.25, 0.3) is 5.89 Å². The van der Waals surface area contributed by atoms with Gasteiger partial charge in [-0.15, -0.1) is 15.3 Å². The van der Waals surface area contributed by atoms with Gasteiger partial charge in [0.15, 0.2) is 0 Å². The van der Waals surface area contributed by atoms with Gasteiger partial charge in [-0.05, 0) is 6.92 Å². The molecule has 0 amide bonds. The summed E-state index contributed by atoms with van der Waals surface area (Å²) in [5.74, 6) is 2.86. The van der Waals surface area contributed by atoms with Gasteiger partial charge in [-0.25, -0.2) is 4.98 Å². The zero-order chi connectivity index (χ0) is 17.9. The number of aromatic amines is 1. The molecular weight excluding hydrogens is 352 g/mol. The lowest BCUT2D eigenvalue weighted by Gasteiger charge is -1.98. The SMILES string of the molecule is CCc1nc(SCc2nnc(-c3c(-c4ccccc4)noc3C)o2)n[nH]1. The molecule has 0 saturated heterocycles. The summed E-state index contributed by atoms with van der Waals surface area (Å²) in [7, 11) is 0. The molecule has 3 aromatic heterocycles. The van der Waals surface area contributed by atoms with Gasteiger partial charge in [0, 0.05) is 12.0 Å². The van der Waals surface area contributed by atoms with Gasteiger partial charge < -0.3 is 8.94 Å². The van der Waals surface area contributed by atoms with Crippen molar-refractivity contribution in [1.29, 1.82) is 0 Å². The molecule has 0 unspecified atom stereocenters. The molecular formula is C17H16N6O2S. The number of rotatable bonds is 6. The molecule has 0 atom stereocenters. The summed E-state index contributed by atoms with van der Waals surface area (Å²) in [6.07, 6.45) is 0.813. The van der Waals surface area contributed by atoms with Crippen molar-refractivity contribution < 1.29 is 8.94 Å². The van der Waals surface area contributed by atoms with Crippen molar-refractivity contribution in [2.24, 2.45) is 0 Å². The molecule has 0 aliphatic rings. The lowest BCUT2D eigenvalue weighted by molar-refractivity contribution is 0.399. The summed E-state index contributed by atoms with van der Waals surface area (Å²) in [6, 6.07) is 9.76. The Morgan fingerprint density at radius 2 is 2.00 bits per heavy atom. The maximum absolute atomic E-state index is 5.82. The number of hydrogen-bond acceptors (Lipinski definition) is 8. The Balaban J connectivity index is 1.56. The lowest BCUT2D eigenvalue weighted by atomic mass is 10.1. The number of nitrogens with one attached hydrogen (secondary N) is 1. The Labute approximate surface area is 153 Å². The van der Waals surface area contributed by atoms with E-state index in [0.717, 1.165) is 17.8 Å². The smallest absolute Gasteiger partial charge is 0.253 e. The minimum atomic E-state index is 0.391. The summed E-state index contributed by atoms with van der Waals surface area (Å²) in [4.78, 5) is 4.35. The van der Waals surface area contributed by atoms with E-state index in [1.54, 1.807) is 0 Å². The monoisotopic (exact) mass is 368 g/mol. The summed E-state index contributed by atoms with van der Waals surface area (Å²) in [6.45, 7) is 3.85. The van der Waals surface area contributed by atoms with E-state index in [-0.39, 0.29) is 0 Å². The fourth-order valence-electron chi connectivity index (χ4n) is 2.46. The van der Waals surface area contributed by atoms with Gasteiger partial charge in [-0.1, -0.05) is 54.2 Å². The van der Waals surface area contributed by atoms with Crippen LogP contribution in [-0.4, -0.2) is 30.5 Å². The summed E-state index contributed by atoms with van der Waals surface area (Å²) < 4.78 is 11.2. The third-order valence-corrected chi connectivity index (χ3v) is 4.59. The zero-order valence-electron chi connectivity index (χ0n) is 14.3. The van der Waals surface area contributed by atoms with Crippen molar-refractivity contribution in [3.05, 3.63) is 47.8 Å². The molecule has 8 nitrogen and oxygen atoms in total. The van der Waals surface area contributed by atoms with Crippen molar-refractivity contribution >= 4 is 11.8 Å². The summed E-state index contributed by atoms with van der Waals surface area (Å²) in [5.41, 5.74) is 2.33. The molecule has 0 fully saturated rings. The van der Waals surface area contributed by atoms with Crippen molar-refractivity contribution in [3.8, 4) is 22.7 Å². The standard InChI is InChI=1S/C17H16N6O2S/c1-3-12-18-17(22-19-12)26-9-13-20-21-16(24-13)14-10(2)25-23-15(14)11-7-5-4-6-8-11/h4-8H,3,9H2,1-2H3,(H,18,19,22). The van der Waals surface area contributed by atoms with Crippen LogP contribution in [0.3, 0.4) is 0 Å². The van der Waals surface area contributed by atoms with Crippen LogP contribution in [-0.2, 0) is 12.2 Å². The quantitative estimate of drug-likeness (QED) is 0.514. The number of thioether (sulfide) groups is 1. The van der Waals surface area contributed by atoms with E-state index in [1.165, 1.54) is 11.8 Å². The number of benzene rings is 1. The van der Waals surface area contributed by atoms with Crippen LogP contribution in [0, 0.1) is 6.92 Å². The highest BCUT2D eigenvalue weighted by atomic mass is 32.2. The molecule has 26 heavy (non-hydrogen) atoms. The van der Waals surface area contributed by atoms with Crippen LogP contribution in [0.5, 0.6) is 0 Å². The first-order valence-corrected chi connectivity index (χ1v) is 9.11. The molecule has 0 saturated carbocycles. The molecule has 0 spiro atoms. The average Bonchev–Trinajstić information content (AvgIpc) is 3.40. The van der Waals surface area contributed by atoms with E-state index in [0.29, 0.717) is 39.7 Å². The Hall–Kier alpha value is -2.94. The Kier molecular flexibility index (Phi) is 4.53. The number of aryl methyl sites for hydroxylation is 2. The Morgan fingerprint density at radius 1 is 1.15 bits per heavy atom. The van der Waals surface area contributed by atoms with Gasteiger partial charge in [0.05, 0.1) is 5.75 Å². The van der Waals surface area contributed by atoms with Crippen LogP contribution < -0.4 is 0 Å². The maximum atomic E-state index is 5.82. The molecule has 0 bridgehead atoms. The van der Waals surface area contributed by atoms with Crippen LogP contribution in [0.4, 0.5) is 0 Å². The van der Waals surface area contributed by atoms with Gasteiger partial charge in [0.2, 0.25) is 11.0 Å². The molecule has 0 radical (unpaired) electrons. The molecule has 4 rings (SSSR count). The molecule has 4 aromatic rings. The van der Waals surface area contributed by atoms with Crippen molar-refractivity contribution in [2.75, 3.05) is 0 Å².